The summed E-state index contributed by atoms with van der Waals surface area (Å²) in [5.41, 5.74) is 0.113. The summed E-state index contributed by atoms with van der Waals surface area (Å²) in [6.07, 6.45) is 1.73. The Bertz CT molecular complexity index is 400. The van der Waals surface area contributed by atoms with Crippen molar-refractivity contribution in [3.63, 3.8) is 0 Å². The molecule has 0 N–H and O–H groups in total. The number of likely N-dealkylation sites (tertiary alicyclic amines) is 1. The van der Waals surface area contributed by atoms with Crippen LogP contribution in [0.5, 0.6) is 0 Å². The van der Waals surface area contributed by atoms with E-state index >= 15 is 0 Å². The van der Waals surface area contributed by atoms with Crippen LogP contribution in [0.4, 0.5) is 0 Å². The first-order valence-corrected chi connectivity index (χ1v) is 7.69. The minimum Gasteiger partial charge on any atom is -0.466 e. The fraction of sp³-hybridized carbons (Fsp3) is 0.875. The molecule has 0 spiro atoms. The van der Waals surface area contributed by atoms with Gasteiger partial charge in [-0.25, -0.2) is 0 Å². The molecular weight excluding hydrogens is 254 g/mol. The van der Waals surface area contributed by atoms with Gasteiger partial charge >= 0.3 is 5.97 Å². The van der Waals surface area contributed by atoms with Crippen molar-refractivity contribution in [2.75, 3.05) is 19.7 Å². The van der Waals surface area contributed by atoms with Crippen LogP contribution in [0.15, 0.2) is 0 Å². The number of ether oxygens (including phenoxy) is 1. The van der Waals surface area contributed by atoms with E-state index in [4.69, 9.17) is 4.74 Å². The number of carbonyl (C=O) groups excluding carboxylic acids is 2. The fourth-order valence-corrected chi connectivity index (χ4v) is 3.63. The van der Waals surface area contributed by atoms with Crippen LogP contribution < -0.4 is 0 Å². The van der Waals surface area contributed by atoms with Gasteiger partial charge in [-0.2, -0.15) is 0 Å². The molecule has 2 rings (SSSR count). The molecule has 2 aliphatic rings. The van der Waals surface area contributed by atoms with Crippen molar-refractivity contribution in [1.82, 2.24) is 4.90 Å². The van der Waals surface area contributed by atoms with E-state index in [0.29, 0.717) is 13.2 Å². The Morgan fingerprint density at radius 2 is 1.80 bits per heavy atom. The number of rotatable bonds is 3. The van der Waals surface area contributed by atoms with Gasteiger partial charge in [0, 0.05) is 19.0 Å². The number of hydrogen-bond donors (Lipinski definition) is 0. The molecule has 20 heavy (non-hydrogen) atoms. The van der Waals surface area contributed by atoms with Crippen molar-refractivity contribution in [3.8, 4) is 0 Å². The third-order valence-electron chi connectivity index (χ3n) is 5.62. The van der Waals surface area contributed by atoms with E-state index in [1.165, 1.54) is 0 Å². The maximum Gasteiger partial charge on any atom is 0.310 e. The SMILES string of the molecule is CCOC(=O)C1CCCN(C(=O)C2C(C)(C)C2(C)C)C1. The highest BCUT2D eigenvalue weighted by atomic mass is 16.5. The zero-order valence-electron chi connectivity index (χ0n) is 13.4. The molecule has 1 amide bonds. The Labute approximate surface area is 121 Å². The maximum atomic E-state index is 12.7. The first kappa shape index (κ1) is 15.3. The van der Waals surface area contributed by atoms with Gasteiger partial charge in [-0.05, 0) is 30.6 Å². The molecule has 4 nitrogen and oxygen atoms in total. The Balaban J connectivity index is 2.00. The predicted molar refractivity (Wildman–Crippen MR) is 77.0 cm³/mol. The average molecular weight is 281 g/mol. The molecule has 114 valence electrons. The zero-order valence-corrected chi connectivity index (χ0v) is 13.4. The second kappa shape index (κ2) is 5.05. The molecule has 4 heteroatoms. The highest BCUT2D eigenvalue weighted by molar-refractivity contribution is 5.85. The van der Waals surface area contributed by atoms with Gasteiger partial charge in [-0.15, -0.1) is 0 Å². The predicted octanol–water partition coefficient (Wildman–Crippen LogP) is 2.47. The molecule has 1 aliphatic carbocycles. The second-order valence-corrected chi connectivity index (χ2v) is 7.25. The van der Waals surface area contributed by atoms with Crippen molar-refractivity contribution < 1.29 is 14.3 Å². The minimum atomic E-state index is -0.153. The van der Waals surface area contributed by atoms with Crippen LogP contribution in [0.1, 0.15) is 47.5 Å². The summed E-state index contributed by atoms with van der Waals surface area (Å²) in [5, 5.41) is 0. The van der Waals surface area contributed by atoms with Crippen LogP contribution in [0.2, 0.25) is 0 Å². The molecule has 0 aromatic heterocycles. The van der Waals surface area contributed by atoms with Crippen LogP contribution in [0.25, 0.3) is 0 Å². The van der Waals surface area contributed by atoms with E-state index in [9.17, 15) is 9.59 Å². The van der Waals surface area contributed by atoms with Gasteiger partial charge in [0.15, 0.2) is 0 Å². The zero-order chi connectivity index (χ0) is 15.1. The van der Waals surface area contributed by atoms with Crippen LogP contribution >= 0.6 is 0 Å². The van der Waals surface area contributed by atoms with Crippen LogP contribution in [-0.2, 0) is 14.3 Å². The summed E-state index contributed by atoms with van der Waals surface area (Å²) in [4.78, 5) is 26.4. The lowest BCUT2D eigenvalue weighted by Crippen LogP contribution is -2.44. The number of carbonyl (C=O) groups is 2. The minimum absolute atomic E-state index is 0.0565. The molecular formula is C16H27NO3. The lowest BCUT2D eigenvalue weighted by molar-refractivity contribution is -0.151. The maximum absolute atomic E-state index is 12.7. The first-order valence-electron chi connectivity index (χ1n) is 7.69. The molecule has 1 saturated heterocycles. The number of esters is 1. The largest absolute Gasteiger partial charge is 0.466 e. The normalized spacial score (nSPS) is 28.1. The van der Waals surface area contributed by atoms with E-state index < -0.39 is 0 Å². The number of hydrogen-bond acceptors (Lipinski definition) is 3. The van der Waals surface area contributed by atoms with E-state index in [-0.39, 0.29) is 34.5 Å². The quantitative estimate of drug-likeness (QED) is 0.747. The summed E-state index contributed by atoms with van der Waals surface area (Å²) < 4.78 is 5.09. The van der Waals surface area contributed by atoms with Crippen LogP contribution in [0.3, 0.4) is 0 Å². The highest BCUT2D eigenvalue weighted by Gasteiger charge is 2.68. The van der Waals surface area contributed by atoms with E-state index in [0.717, 1.165) is 19.4 Å². The summed E-state index contributed by atoms with van der Waals surface area (Å²) in [6.45, 7) is 12.2. The molecule has 1 atom stereocenters. The third-order valence-corrected chi connectivity index (χ3v) is 5.62. The van der Waals surface area contributed by atoms with Gasteiger partial charge in [0.1, 0.15) is 0 Å². The molecule has 0 aromatic rings. The van der Waals surface area contributed by atoms with Crippen molar-refractivity contribution in [2.45, 2.75) is 47.5 Å². The van der Waals surface area contributed by atoms with Gasteiger partial charge in [0.25, 0.3) is 0 Å². The number of amides is 1. The molecule has 1 aliphatic heterocycles. The third kappa shape index (κ3) is 2.33. The monoisotopic (exact) mass is 281 g/mol. The number of nitrogens with zero attached hydrogens (tertiary/aromatic N) is 1. The smallest absolute Gasteiger partial charge is 0.310 e. The van der Waals surface area contributed by atoms with Gasteiger partial charge < -0.3 is 9.64 Å². The van der Waals surface area contributed by atoms with Crippen LogP contribution in [0, 0.1) is 22.7 Å². The van der Waals surface area contributed by atoms with Crippen molar-refractivity contribution in [1.29, 1.82) is 0 Å². The van der Waals surface area contributed by atoms with Gasteiger partial charge in [0.2, 0.25) is 5.91 Å². The molecule has 2 fully saturated rings. The number of piperidine rings is 1. The Kier molecular flexibility index (Phi) is 3.87. The topological polar surface area (TPSA) is 46.6 Å². The van der Waals surface area contributed by atoms with Gasteiger partial charge in [0.05, 0.1) is 12.5 Å². The van der Waals surface area contributed by atoms with Gasteiger partial charge in [-0.3, -0.25) is 9.59 Å². The van der Waals surface area contributed by atoms with E-state index in [1.54, 1.807) is 0 Å². The lowest BCUT2D eigenvalue weighted by Gasteiger charge is -2.32. The Morgan fingerprint density at radius 1 is 1.20 bits per heavy atom. The molecule has 1 saturated carbocycles. The summed E-state index contributed by atoms with van der Waals surface area (Å²) in [6, 6.07) is 0. The van der Waals surface area contributed by atoms with Crippen molar-refractivity contribution in [3.05, 3.63) is 0 Å². The fourth-order valence-electron chi connectivity index (χ4n) is 3.63. The highest BCUT2D eigenvalue weighted by Crippen LogP contribution is 2.68. The Morgan fingerprint density at radius 3 is 2.30 bits per heavy atom. The van der Waals surface area contributed by atoms with Crippen molar-refractivity contribution in [2.24, 2.45) is 22.7 Å². The molecule has 1 unspecified atom stereocenters. The molecule has 0 bridgehead atoms. The first-order chi connectivity index (χ1) is 9.23. The summed E-state index contributed by atoms with van der Waals surface area (Å²) >= 11 is 0. The average Bonchev–Trinajstić information content (AvgIpc) is 2.79. The summed E-state index contributed by atoms with van der Waals surface area (Å²) in [7, 11) is 0. The van der Waals surface area contributed by atoms with Crippen LogP contribution in [-0.4, -0.2) is 36.5 Å². The second-order valence-electron chi connectivity index (χ2n) is 7.25. The lowest BCUT2D eigenvalue weighted by atomic mass is 9.97. The standard InChI is InChI=1S/C16H27NO3/c1-6-20-14(19)11-8-7-9-17(10-11)13(18)12-15(2,3)16(12,4)5/h11-12H,6-10H2,1-5H3. The van der Waals surface area contributed by atoms with Gasteiger partial charge in [-0.1, -0.05) is 27.7 Å². The van der Waals surface area contributed by atoms with Crippen molar-refractivity contribution >= 4 is 11.9 Å². The molecule has 0 radical (unpaired) electrons. The van der Waals surface area contributed by atoms with E-state index in [1.807, 2.05) is 11.8 Å². The summed E-state index contributed by atoms with van der Waals surface area (Å²) in [5.74, 6) is 0.00175. The Hall–Kier alpha value is -1.06. The molecule has 0 aromatic carbocycles. The molecule has 1 heterocycles. The van der Waals surface area contributed by atoms with E-state index in [2.05, 4.69) is 27.7 Å².